The topological polar surface area (TPSA) is 72.5 Å². The normalized spacial score (nSPS) is 18.7. The number of carbonyl (C=O) groups excluding carboxylic acids is 1. The Bertz CT molecular complexity index is 865. The van der Waals surface area contributed by atoms with Crippen molar-refractivity contribution >= 4 is 21.4 Å². The van der Waals surface area contributed by atoms with E-state index in [1.54, 1.807) is 42.5 Å². The van der Waals surface area contributed by atoms with Crippen molar-refractivity contribution in [3.05, 3.63) is 59.9 Å². The van der Waals surface area contributed by atoms with E-state index in [2.05, 4.69) is 5.32 Å². The molecule has 1 fully saturated rings. The summed E-state index contributed by atoms with van der Waals surface area (Å²) in [6.45, 7) is 0.109. The van der Waals surface area contributed by atoms with Gasteiger partial charge in [0, 0.05) is 11.3 Å². The molecule has 1 saturated heterocycles. The number of halogens is 1. The molecule has 0 bridgehead atoms. The number of anilines is 1. The van der Waals surface area contributed by atoms with Crippen LogP contribution in [0.25, 0.3) is 0 Å². The first-order valence-electron chi connectivity index (χ1n) is 7.90. The fraction of sp³-hybridized carbons (Fsp3) is 0.278. The van der Waals surface area contributed by atoms with E-state index < -0.39 is 15.8 Å². The zero-order valence-corrected chi connectivity index (χ0v) is 14.3. The summed E-state index contributed by atoms with van der Waals surface area (Å²) >= 11 is 0. The second-order valence-electron chi connectivity index (χ2n) is 5.99. The minimum absolute atomic E-state index is 0.0634. The highest BCUT2D eigenvalue weighted by molar-refractivity contribution is 7.91. The Morgan fingerprint density at radius 1 is 1.16 bits per heavy atom. The van der Waals surface area contributed by atoms with E-state index in [1.165, 1.54) is 6.07 Å². The van der Waals surface area contributed by atoms with E-state index >= 15 is 0 Å². The Hall–Kier alpha value is -2.41. The molecule has 7 heteroatoms. The van der Waals surface area contributed by atoms with Gasteiger partial charge in [0.1, 0.15) is 18.2 Å². The van der Waals surface area contributed by atoms with Crippen molar-refractivity contribution in [3.8, 4) is 5.75 Å². The Morgan fingerprint density at radius 3 is 2.52 bits per heavy atom. The number of hydrogen-bond acceptors (Lipinski definition) is 4. The van der Waals surface area contributed by atoms with Gasteiger partial charge in [0.25, 0.3) is 0 Å². The smallest absolute Gasteiger partial charge is 0.228 e. The number of sulfone groups is 1. The Kier molecular flexibility index (Phi) is 5.03. The van der Waals surface area contributed by atoms with Gasteiger partial charge < -0.3 is 10.1 Å². The van der Waals surface area contributed by atoms with E-state index in [9.17, 15) is 17.6 Å². The molecule has 1 aliphatic rings. The zero-order chi connectivity index (χ0) is 17.9. The van der Waals surface area contributed by atoms with Crippen molar-refractivity contribution in [1.82, 2.24) is 0 Å². The maximum atomic E-state index is 13.5. The monoisotopic (exact) mass is 363 g/mol. The molecule has 1 N–H and O–H groups in total. The fourth-order valence-corrected chi connectivity index (χ4v) is 4.40. The van der Waals surface area contributed by atoms with E-state index in [4.69, 9.17) is 4.74 Å². The second kappa shape index (κ2) is 7.23. The quantitative estimate of drug-likeness (QED) is 0.887. The van der Waals surface area contributed by atoms with Gasteiger partial charge in [-0.15, -0.1) is 0 Å². The molecule has 0 radical (unpaired) electrons. The molecular weight excluding hydrogens is 345 g/mol. The molecular formula is C18H18FNO4S. The Morgan fingerprint density at radius 2 is 1.88 bits per heavy atom. The lowest BCUT2D eigenvalue weighted by Crippen LogP contribution is -2.23. The predicted octanol–water partition coefficient (Wildman–Crippen LogP) is 2.78. The van der Waals surface area contributed by atoms with Crippen LogP contribution in [0.4, 0.5) is 10.1 Å². The SMILES string of the molecule is O=C(Nc1ccc(OCc2ccccc2F)cc1)C1CCS(=O)(=O)C1. The van der Waals surface area contributed by atoms with Crippen molar-refractivity contribution in [2.75, 3.05) is 16.8 Å². The first kappa shape index (κ1) is 17.4. The van der Waals surface area contributed by atoms with Crippen LogP contribution in [0.1, 0.15) is 12.0 Å². The summed E-state index contributed by atoms with van der Waals surface area (Å²) in [4.78, 5) is 12.1. The molecule has 2 aromatic rings. The minimum Gasteiger partial charge on any atom is -0.489 e. The molecule has 132 valence electrons. The van der Waals surface area contributed by atoms with Gasteiger partial charge in [-0.25, -0.2) is 12.8 Å². The molecule has 0 aromatic heterocycles. The van der Waals surface area contributed by atoms with Crippen LogP contribution in [0.15, 0.2) is 48.5 Å². The average molecular weight is 363 g/mol. The average Bonchev–Trinajstić information content (AvgIpc) is 2.96. The van der Waals surface area contributed by atoms with Gasteiger partial charge in [0.15, 0.2) is 9.84 Å². The third-order valence-electron chi connectivity index (χ3n) is 4.08. The second-order valence-corrected chi connectivity index (χ2v) is 8.22. The molecule has 2 aromatic carbocycles. The first-order valence-corrected chi connectivity index (χ1v) is 9.73. The molecule has 1 unspecified atom stereocenters. The van der Waals surface area contributed by atoms with Crippen molar-refractivity contribution in [2.24, 2.45) is 5.92 Å². The minimum atomic E-state index is -3.09. The standard InChI is InChI=1S/C18H18FNO4S/c19-17-4-2-1-3-13(17)11-24-16-7-5-15(6-8-16)20-18(21)14-9-10-25(22,23)12-14/h1-8,14H,9-12H2,(H,20,21). The van der Waals surface area contributed by atoms with Crippen molar-refractivity contribution < 1.29 is 22.3 Å². The maximum Gasteiger partial charge on any atom is 0.228 e. The van der Waals surface area contributed by atoms with Crippen LogP contribution < -0.4 is 10.1 Å². The van der Waals surface area contributed by atoms with Crippen LogP contribution in [0.5, 0.6) is 5.75 Å². The van der Waals surface area contributed by atoms with Crippen molar-refractivity contribution in [3.63, 3.8) is 0 Å². The molecule has 1 amide bonds. The number of carbonyl (C=O) groups is 1. The summed E-state index contributed by atoms with van der Waals surface area (Å²) in [5, 5.41) is 2.71. The van der Waals surface area contributed by atoms with Gasteiger partial charge in [0.05, 0.1) is 17.4 Å². The number of rotatable bonds is 5. The zero-order valence-electron chi connectivity index (χ0n) is 13.4. The number of ether oxygens (including phenoxy) is 1. The van der Waals surface area contributed by atoms with E-state index in [0.717, 1.165) is 0 Å². The van der Waals surface area contributed by atoms with Crippen LogP contribution in [-0.4, -0.2) is 25.8 Å². The summed E-state index contributed by atoms with van der Waals surface area (Å²) < 4.78 is 41.9. The van der Waals surface area contributed by atoms with Crippen LogP contribution in [0, 0.1) is 11.7 Å². The van der Waals surface area contributed by atoms with Gasteiger partial charge in [-0.05, 0) is 36.8 Å². The molecule has 1 aliphatic heterocycles. The molecule has 3 rings (SSSR count). The van der Waals surface area contributed by atoms with Crippen molar-refractivity contribution in [1.29, 1.82) is 0 Å². The lowest BCUT2D eigenvalue weighted by atomic mass is 10.1. The Labute approximate surface area is 145 Å². The van der Waals surface area contributed by atoms with Crippen molar-refractivity contribution in [2.45, 2.75) is 13.0 Å². The van der Waals surface area contributed by atoms with E-state index in [-0.39, 0.29) is 29.8 Å². The van der Waals surface area contributed by atoms with Gasteiger partial charge in [-0.3, -0.25) is 4.79 Å². The van der Waals surface area contributed by atoms with Gasteiger partial charge in [-0.2, -0.15) is 0 Å². The molecule has 25 heavy (non-hydrogen) atoms. The third kappa shape index (κ3) is 4.57. The summed E-state index contributed by atoms with van der Waals surface area (Å²) in [5.74, 6) is -0.595. The largest absolute Gasteiger partial charge is 0.489 e. The first-order chi connectivity index (χ1) is 11.9. The third-order valence-corrected chi connectivity index (χ3v) is 5.85. The molecule has 0 spiro atoms. The summed E-state index contributed by atoms with van der Waals surface area (Å²) in [6, 6.07) is 13.1. The molecule has 0 aliphatic carbocycles. The van der Waals surface area contributed by atoms with Crippen LogP contribution in [0.3, 0.4) is 0 Å². The maximum absolute atomic E-state index is 13.5. The van der Waals surface area contributed by atoms with Crippen LogP contribution in [0.2, 0.25) is 0 Å². The highest BCUT2D eigenvalue weighted by Gasteiger charge is 2.32. The fourth-order valence-electron chi connectivity index (χ4n) is 2.66. The number of hydrogen-bond donors (Lipinski definition) is 1. The molecule has 1 heterocycles. The highest BCUT2D eigenvalue weighted by atomic mass is 32.2. The van der Waals surface area contributed by atoms with E-state index in [0.29, 0.717) is 23.4 Å². The Balaban J connectivity index is 1.55. The molecule has 0 saturated carbocycles. The summed E-state index contributed by atoms with van der Waals surface area (Å²) in [7, 11) is -3.09. The highest BCUT2D eigenvalue weighted by Crippen LogP contribution is 2.22. The lowest BCUT2D eigenvalue weighted by molar-refractivity contribution is -0.119. The molecule has 1 atom stereocenters. The van der Waals surface area contributed by atoms with Gasteiger partial charge in [-0.1, -0.05) is 18.2 Å². The number of amides is 1. The van der Waals surface area contributed by atoms with E-state index in [1.807, 2.05) is 0 Å². The lowest BCUT2D eigenvalue weighted by Gasteiger charge is -2.11. The summed E-state index contributed by atoms with van der Waals surface area (Å²) in [6.07, 6.45) is 0.359. The summed E-state index contributed by atoms with van der Waals surface area (Å²) in [5.41, 5.74) is 1.02. The van der Waals surface area contributed by atoms with Gasteiger partial charge >= 0.3 is 0 Å². The predicted molar refractivity (Wildman–Crippen MR) is 92.6 cm³/mol. The molecule has 5 nitrogen and oxygen atoms in total. The van der Waals surface area contributed by atoms with Crippen LogP contribution >= 0.6 is 0 Å². The number of nitrogens with one attached hydrogen (secondary N) is 1. The number of benzene rings is 2. The van der Waals surface area contributed by atoms with Crippen LogP contribution in [-0.2, 0) is 21.2 Å². The van der Waals surface area contributed by atoms with Gasteiger partial charge in [0.2, 0.25) is 5.91 Å².